The van der Waals surface area contributed by atoms with Crippen molar-refractivity contribution in [1.29, 1.82) is 5.26 Å². The normalized spacial score (nSPS) is 10.1. The van der Waals surface area contributed by atoms with Crippen molar-refractivity contribution in [2.24, 2.45) is 0 Å². The van der Waals surface area contributed by atoms with Gasteiger partial charge in [-0.25, -0.2) is 9.67 Å². The molecule has 2 aromatic carbocycles. The average molecular weight is 395 g/mol. The monoisotopic (exact) mass is 394 g/mol. The molecule has 3 rings (SSSR count). The van der Waals surface area contributed by atoms with Crippen LogP contribution in [0.15, 0.2) is 55.1 Å². The lowest BCUT2D eigenvalue weighted by Gasteiger charge is -2.11. The van der Waals surface area contributed by atoms with Crippen molar-refractivity contribution in [3.8, 4) is 6.07 Å². The van der Waals surface area contributed by atoms with Gasteiger partial charge in [0.25, 0.3) is 0 Å². The summed E-state index contributed by atoms with van der Waals surface area (Å²) in [6.07, 6.45) is 3.05. The number of amides is 2. The molecule has 1 heterocycles. The van der Waals surface area contributed by atoms with Crippen LogP contribution in [0.25, 0.3) is 0 Å². The number of nitrogens with one attached hydrogen (secondary N) is 2. The number of nitriles is 1. The summed E-state index contributed by atoms with van der Waals surface area (Å²) in [6, 6.07) is 13.8. The molecule has 0 radical (unpaired) electrons. The summed E-state index contributed by atoms with van der Waals surface area (Å²) in [5, 5.41) is 18.2. The number of carbonyl (C=O) groups is 2. The summed E-state index contributed by atoms with van der Waals surface area (Å²) < 4.78 is 1.67. The number of hydrogen-bond donors (Lipinski definition) is 2. The Morgan fingerprint density at radius 1 is 1.14 bits per heavy atom. The average Bonchev–Trinajstić information content (AvgIpc) is 3.20. The van der Waals surface area contributed by atoms with E-state index < -0.39 is 11.8 Å². The molecule has 2 amide bonds. The second kappa shape index (κ2) is 8.79. The number of benzene rings is 2. The number of anilines is 1. The van der Waals surface area contributed by atoms with Crippen LogP contribution in [-0.4, -0.2) is 26.6 Å². The smallest absolute Gasteiger partial charge is 0.313 e. The Kier molecular flexibility index (Phi) is 5.99. The molecule has 0 atom stereocenters. The second-order valence-corrected chi connectivity index (χ2v) is 6.21. The molecule has 3 aromatic rings. The van der Waals surface area contributed by atoms with Crippen LogP contribution in [0.4, 0.5) is 5.69 Å². The highest BCUT2D eigenvalue weighted by molar-refractivity contribution is 6.39. The molecule has 140 valence electrons. The Balaban J connectivity index is 1.60. The van der Waals surface area contributed by atoms with Crippen LogP contribution in [0.2, 0.25) is 5.02 Å². The summed E-state index contributed by atoms with van der Waals surface area (Å²) in [5.74, 6) is -1.61. The summed E-state index contributed by atoms with van der Waals surface area (Å²) in [6.45, 7) is 0.688. The molecular weight excluding hydrogens is 380 g/mol. The minimum Gasteiger partial charge on any atom is -0.344 e. The Morgan fingerprint density at radius 2 is 1.93 bits per heavy atom. The van der Waals surface area contributed by atoms with E-state index in [0.29, 0.717) is 12.2 Å². The van der Waals surface area contributed by atoms with Crippen molar-refractivity contribution in [2.75, 3.05) is 5.32 Å². The molecule has 28 heavy (non-hydrogen) atoms. The Bertz CT molecular complexity index is 1040. The summed E-state index contributed by atoms with van der Waals surface area (Å²) in [5.41, 5.74) is 2.43. The highest BCUT2D eigenvalue weighted by atomic mass is 35.5. The molecule has 0 aliphatic carbocycles. The number of aromatic nitrogens is 3. The van der Waals surface area contributed by atoms with E-state index in [1.165, 1.54) is 24.5 Å². The summed E-state index contributed by atoms with van der Waals surface area (Å²) in [7, 11) is 0. The zero-order valence-corrected chi connectivity index (χ0v) is 15.3. The fourth-order valence-electron chi connectivity index (χ4n) is 2.50. The lowest BCUT2D eigenvalue weighted by molar-refractivity contribution is -0.136. The van der Waals surface area contributed by atoms with Crippen LogP contribution in [0.1, 0.15) is 16.7 Å². The molecule has 0 aliphatic heterocycles. The van der Waals surface area contributed by atoms with Crippen molar-refractivity contribution in [3.05, 3.63) is 76.8 Å². The number of carbonyl (C=O) groups excluding carboxylic acids is 2. The first-order chi connectivity index (χ1) is 13.6. The minimum absolute atomic E-state index is 0.186. The molecule has 0 fully saturated rings. The van der Waals surface area contributed by atoms with Crippen molar-refractivity contribution < 1.29 is 9.59 Å². The third-order valence-corrected chi connectivity index (χ3v) is 4.22. The van der Waals surface area contributed by atoms with Gasteiger partial charge in [-0.15, -0.1) is 0 Å². The van der Waals surface area contributed by atoms with E-state index in [1.54, 1.807) is 11.0 Å². The molecule has 0 saturated heterocycles. The van der Waals surface area contributed by atoms with Gasteiger partial charge in [0.15, 0.2) is 0 Å². The standard InChI is InChI=1S/C19H15ClN6O2/c20-17-7-16(6-5-13(17)8-21)25-19(28)18(27)23-9-14-3-1-2-4-15(14)10-26-12-22-11-24-26/h1-7,11-12H,9-10H2,(H,23,27)(H,25,28). The molecule has 0 aliphatic rings. The van der Waals surface area contributed by atoms with Crippen molar-refractivity contribution in [3.63, 3.8) is 0 Å². The van der Waals surface area contributed by atoms with E-state index in [4.69, 9.17) is 16.9 Å². The van der Waals surface area contributed by atoms with Crippen molar-refractivity contribution >= 4 is 29.1 Å². The molecule has 2 N–H and O–H groups in total. The molecule has 0 saturated carbocycles. The maximum atomic E-state index is 12.1. The highest BCUT2D eigenvalue weighted by Crippen LogP contribution is 2.20. The molecule has 8 nitrogen and oxygen atoms in total. The van der Waals surface area contributed by atoms with E-state index >= 15 is 0 Å². The van der Waals surface area contributed by atoms with Gasteiger partial charge in [-0.05, 0) is 29.3 Å². The number of hydrogen-bond acceptors (Lipinski definition) is 5. The third kappa shape index (κ3) is 4.72. The maximum absolute atomic E-state index is 12.1. The first-order valence-electron chi connectivity index (χ1n) is 8.25. The van der Waals surface area contributed by atoms with Crippen molar-refractivity contribution in [2.45, 2.75) is 13.1 Å². The van der Waals surface area contributed by atoms with E-state index in [-0.39, 0.29) is 17.1 Å². The predicted octanol–water partition coefficient (Wildman–Crippen LogP) is 2.11. The first kappa shape index (κ1) is 19.1. The zero-order valence-electron chi connectivity index (χ0n) is 14.6. The van der Waals surface area contributed by atoms with Gasteiger partial charge in [0.1, 0.15) is 18.7 Å². The van der Waals surface area contributed by atoms with E-state index in [2.05, 4.69) is 20.7 Å². The van der Waals surface area contributed by atoms with Crippen LogP contribution in [-0.2, 0) is 22.7 Å². The van der Waals surface area contributed by atoms with Gasteiger partial charge in [-0.2, -0.15) is 10.4 Å². The minimum atomic E-state index is -0.825. The molecule has 0 bridgehead atoms. The fourth-order valence-corrected chi connectivity index (χ4v) is 2.72. The molecule has 0 spiro atoms. The predicted molar refractivity (Wildman–Crippen MR) is 102 cm³/mol. The SMILES string of the molecule is N#Cc1ccc(NC(=O)C(=O)NCc2ccccc2Cn2cncn2)cc1Cl. The van der Waals surface area contributed by atoms with Crippen molar-refractivity contribution in [1.82, 2.24) is 20.1 Å². The highest BCUT2D eigenvalue weighted by Gasteiger charge is 2.15. The van der Waals surface area contributed by atoms with Gasteiger partial charge < -0.3 is 10.6 Å². The van der Waals surface area contributed by atoms with Crippen LogP contribution in [0.3, 0.4) is 0 Å². The number of rotatable bonds is 5. The van der Waals surface area contributed by atoms with Gasteiger partial charge in [-0.1, -0.05) is 35.9 Å². The van der Waals surface area contributed by atoms with E-state index in [1.807, 2.05) is 30.3 Å². The first-order valence-corrected chi connectivity index (χ1v) is 8.62. The molecular formula is C19H15ClN6O2. The molecule has 9 heteroatoms. The largest absolute Gasteiger partial charge is 0.344 e. The number of nitrogens with zero attached hydrogens (tertiary/aromatic N) is 4. The van der Waals surface area contributed by atoms with Gasteiger partial charge in [-0.3, -0.25) is 9.59 Å². The van der Waals surface area contributed by atoms with Crippen LogP contribution in [0, 0.1) is 11.3 Å². The fraction of sp³-hybridized carbons (Fsp3) is 0.105. The Labute approximate surface area is 165 Å². The molecule has 0 unspecified atom stereocenters. The summed E-state index contributed by atoms with van der Waals surface area (Å²) in [4.78, 5) is 28.1. The molecule has 1 aromatic heterocycles. The lowest BCUT2D eigenvalue weighted by atomic mass is 10.1. The Morgan fingerprint density at radius 3 is 2.61 bits per heavy atom. The zero-order chi connectivity index (χ0) is 19.9. The Hall–Kier alpha value is -3.70. The quantitative estimate of drug-likeness (QED) is 0.643. The van der Waals surface area contributed by atoms with Gasteiger partial charge in [0, 0.05) is 12.2 Å². The lowest BCUT2D eigenvalue weighted by Crippen LogP contribution is -2.35. The third-order valence-electron chi connectivity index (χ3n) is 3.91. The van der Waals surface area contributed by atoms with Crippen LogP contribution in [0.5, 0.6) is 0 Å². The summed E-state index contributed by atoms with van der Waals surface area (Å²) >= 11 is 5.92. The van der Waals surface area contributed by atoms with E-state index in [0.717, 1.165) is 11.1 Å². The topological polar surface area (TPSA) is 113 Å². The van der Waals surface area contributed by atoms with Crippen LogP contribution >= 0.6 is 11.6 Å². The van der Waals surface area contributed by atoms with E-state index in [9.17, 15) is 9.59 Å². The van der Waals surface area contributed by atoms with Gasteiger partial charge in [0.05, 0.1) is 17.1 Å². The maximum Gasteiger partial charge on any atom is 0.313 e. The van der Waals surface area contributed by atoms with Crippen LogP contribution < -0.4 is 10.6 Å². The number of halogens is 1. The van der Waals surface area contributed by atoms with Gasteiger partial charge in [0.2, 0.25) is 0 Å². The van der Waals surface area contributed by atoms with Gasteiger partial charge >= 0.3 is 11.8 Å². The second-order valence-electron chi connectivity index (χ2n) is 5.81.